The van der Waals surface area contributed by atoms with Crippen LogP contribution in [0.15, 0.2) is 30.5 Å². The van der Waals surface area contributed by atoms with E-state index in [0.29, 0.717) is 13.0 Å². The molecule has 0 aliphatic carbocycles. The fraction of sp³-hybridized carbons (Fsp3) is 0.333. The first-order valence-electron chi connectivity index (χ1n) is 6.65. The predicted molar refractivity (Wildman–Crippen MR) is 79.0 cm³/mol. The van der Waals surface area contributed by atoms with Crippen LogP contribution in [-0.2, 0) is 24.8 Å². The van der Waals surface area contributed by atoms with Gasteiger partial charge in [0.2, 0.25) is 5.91 Å². The zero-order valence-corrected chi connectivity index (χ0v) is 11.9. The molecular formula is C15H20N4O. The molecule has 2 rings (SSSR count). The average molecular weight is 272 g/mol. The van der Waals surface area contributed by atoms with Crippen LogP contribution in [0.5, 0.6) is 0 Å². The number of hydrogen-bond acceptors (Lipinski definition) is 3. The van der Waals surface area contributed by atoms with Gasteiger partial charge in [0.25, 0.3) is 0 Å². The molecule has 0 saturated carbocycles. The van der Waals surface area contributed by atoms with E-state index in [2.05, 4.69) is 10.4 Å². The fourth-order valence-electron chi connectivity index (χ4n) is 2.05. The molecule has 0 radical (unpaired) electrons. The van der Waals surface area contributed by atoms with Crippen LogP contribution < -0.4 is 11.1 Å². The number of amides is 1. The van der Waals surface area contributed by atoms with Crippen LogP contribution in [0.1, 0.15) is 23.2 Å². The molecule has 1 aromatic carbocycles. The molecule has 0 bridgehead atoms. The third-order valence-electron chi connectivity index (χ3n) is 3.21. The summed E-state index contributed by atoms with van der Waals surface area (Å²) in [5.74, 6) is 0.0464. The van der Waals surface area contributed by atoms with Gasteiger partial charge < -0.3 is 11.1 Å². The molecule has 1 aromatic heterocycles. The maximum absolute atomic E-state index is 11.8. The van der Waals surface area contributed by atoms with Crippen molar-refractivity contribution >= 4 is 11.6 Å². The average Bonchev–Trinajstić information content (AvgIpc) is 2.74. The van der Waals surface area contributed by atoms with E-state index >= 15 is 0 Å². The van der Waals surface area contributed by atoms with Gasteiger partial charge in [-0.05, 0) is 31.0 Å². The summed E-state index contributed by atoms with van der Waals surface area (Å²) in [6, 6.07) is 7.61. The van der Waals surface area contributed by atoms with Crippen molar-refractivity contribution in [3.63, 3.8) is 0 Å². The molecule has 0 unspecified atom stereocenters. The summed E-state index contributed by atoms with van der Waals surface area (Å²) in [5.41, 5.74) is 9.48. The van der Waals surface area contributed by atoms with Gasteiger partial charge in [-0.25, -0.2) is 0 Å². The van der Waals surface area contributed by atoms with Crippen molar-refractivity contribution in [1.82, 2.24) is 15.1 Å². The number of nitrogens with zero attached hydrogens (tertiary/aromatic N) is 2. The number of aromatic nitrogens is 2. The number of nitrogens with one attached hydrogen (secondary N) is 1. The number of carbonyl (C=O) groups is 1. The molecule has 0 saturated heterocycles. The van der Waals surface area contributed by atoms with Crippen LogP contribution in [0.4, 0.5) is 5.69 Å². The first-order valence-corrected chi connectivity index (χ1v) is 6.65. The Morgan fingerprint density at radius 3 is 2.65 bits per heavy atom. The van der Waals surface area contributed by atoms with E-state index in [1.807, 2.05) is 44.4 Å². The van der Waals surface area contributed by atoms with Crippen molar-refractivity contribution in [2.45, 2.75) is 26.3 Å². The van der Waals surface area contributed by atoms with Gasteiger partial charge in [0.1, 0.15) is 0 Å². The minimum atomic E-state index is 0.0464. The number of benzene rings is 1. The van der Waals surface area contributed by atoms with Gasteiger partial charge in [0, 0.05) is 37.5 Å². The van der Waals surface area contributed by atoms with Gasteiger partial charge in [-0.3, -0.25) is 9.48 Å². The summed E-state index contributed by atoms with van der Waals surface area (Å²) in [7, 11) is 1.87. The summed E-state index contributed by atoms with van der Waals surface area (Å²) in [4.78, 5) is 11.8. The van der Waals surface area contributed by atoms with Gasteiger partial charge in [0.05, 0.1) is 5.69 Å². The molecule has 0 aliphatic heterocycles. The maximum Gasteiger partial charge on any atom is 0.220 e. The molecule has 3 N–H and O–H groups in total. The van der Waals surface area contributed by atoms with E-state index in [0.717, 1.165) is 28.9 Å². The lowest BCUT2D eigenvalue weighted by Gasteiger charge is -2.05. The van der Waals surface area contributed by atoms with Crippen LogP contribution >= 0.6 is 0 Å². The summed E-state index contributed by atoms with van der Waals surface area (Å²) in [6.45, 7) is 2.47. The highest BCUT2D eigenvalue weighted by Crippen LogP contribution is 2.08. The second-order valence-electron chi connectivity index (χ2n) is 4.93. The highest BCUT2D eigenvalue weighted by Gasteiger charge is 2.06. The van der Waals surface area contributed by atoms with Crippen LogP contribution in [0.3, 0.4) is 0 Å². The zero-order valence-electron chi connectivity index (χ0n) is 11.9. The van der Waals surface area contributed by atoms with E-state index in [1.54, 1.807) is 4.68 Å². The summed E-state index contributed by atoms with van der Waals surface area (Å²) < 4.78 is 1.76. The third kappa shape index (κ3) is 3.85. The Kier molecular flexibility index (Phi) is 4.40. The van der Waals surface area contributed by atoms with Gasteiger partial charge >= 0.3 is 0 Å². The topological polar surface area (TPSA) is 72.9 Å². The fourth-order valence-corrected chi connectivity index (χ4v) is 2.05. The summed E-state index contributed by atoms with van der Waals surface area (Å²) in [5, 5.41) is 7.16. The number of nitrogen functional groups attached to an aromatic ring is 1. The molecule has 0 atom stereocenters. The minimum absolute atomic E-state index is 0.0464. The molecule has 5 nitrogen and oxygen atoms in total. The maximum atomic E-state index is 11.8. The molecule has 1 heterocycles. The number of hydrogen-bond donors (Lipinski definition) is 2. The van der Waals surface area contributed by atoms with Crippen molar-refractivity contribution in [3.8, 4) is 0 Å². The summed E-state index contributed by atoms with van der Waals surface area (Å²) >= 11 is 0. The van der Waals surface area contributed by atoms with Crippen molar-refractivity contribution in [2.75, 3.05) is 5.73 Å². The van der Waals surface area contributed by atoms with Gasteiger partial charge in [-0.15, -0.1) is 0 Å². The quantitative estimate of drug-likeness (QED) is 0.811. The summed E-state index contributed by atoms with van der Waals surface area (Å²) in [6.07, 6.45) is 3.12. The molecular weight excluding hydrogens is 252 g/mol. The lowest BCUT2D eigenvalue weighted by Crippen LogP contribution is -2.23. The van der Waals surface area contributed by atoms with Gasteiger partial charge in [-0.2, -0.15) is 5.10 Å². The number of anilines is 1. The zero-order chi connectivity index (χ0) is 14.5. The van der Waals surface area contributed by atoms with Crippen LogP contribution in [-0.4, -0.2) is 15.7 Å². The lowest BCUT2D eigenvalue weighted by molar-refractivity contribution is -0.121. The largest absolute Gasteiger partial charge is 0.399 e. The Hall–Kier alpha value is -2.30. The lowest BCUT2D eigenvalue weighted by atomic mass is 10.1. The van der Waals surface area contributed by atoms with Crippen molar-refractivity contribution < 1.29 is 4.79 Å². The Morgan fingerprint density at radius 2 is 2.05 bits per heavy atom. The molecule has 20 heavy (non-hydrogen) atoms. The Morgan fingerprint density at radius 1 is 1.35 bits per heavy atom. The Balaban J connectivity index is 1.78. The van der Waals surface area contributed by atoms with Crippen molar-refractivity contribution in [1.29, 1.82) is 0 Å². The minimum Gasteiger partial charge on any atom is -0.399 e. The van der Waals surface area contributed by atoms with E-state index in [4.69, 9.17) is 5.73 Å². The molecule has 2 aromatic rings. The first kappa shape index (κ1) is 14.1. The monoisotopic (exact) mass is 272 g/mol. The Labute approximate surface area is 118 Å². The van der Waals surface area contributed by atoms with Gasteiger partial charge in [0.15, 0.2) is 0 Å². The first-order chi connectivity index (χ1) is 9.54. The molecule has 5 heteroatoms. The van der Waals surface area contributed by atoms with Crippen LogP contribution in [0, 0.1) is 6.92 Å². The third-order valence-corrected chi connectivity index (χ3v) is 3.21. The number of rotatable bonds is 5. The molecule has 0 aliphatic rings. The van der Waals surface area contributed by atoms with E-state index < -0.39 is 0 Å². The second kappa shape index (κ2) is 6.23. The van der Waals surface area contributed by atoms with E-state index in [-0.39, 0.29) is 5.91 Å². The van der Waals surface area contributed by atoms with Crippen molar-refractivity contribution in [2.24, 2.45) is 7.05 Å². The standard InChI is InChI=1S/C15H20N4O/c1-11-13(10-19(2)18-11)9-17-15(20)8-5-12-3-6-14(16)7-4-12/h3-4,6-7,10H,5,8-9,16H2,1-2H3,(H,17,20). The number of nitrogens with two attached hydrogens (primary N) is 1. The van der Waals surface area contributed by atoms with Crippen molar-refractivity contribution in [3.05, 3.63) is 47.3 Å². The van der Waals surface area contributed by atoms with E-state index in [9.17, 15) is 4.79 Å². The number of aryl methyl sites for hydroxylation is 3. The normalized spacial score (nSPS) is 10.5. The predicted octanol–water partition coefficient (Wildman–Crippen LogP) is 1.56. The second-order valence-corrected chi connectivity index (χ2v) is 4.93. The Bertz CT molecular complexity index is 586. The SMILES string of the molecule is Cc1nn(C)cc1CNC(=O)CCc1ccc(N)cc1. The smallest absolute Gasteiger partial charge is 0.220 e. The van der Waals surface area contributed by atoms with Crippen LogP contribution in [0.2, 0.25) is 0 Å². The van der Waals surface area contributed by atoms with E-state index in [1.165, 1.54) is 0 Å². The number of carbonyl (C=O) groups excluding carboxylic acids is 1. The molecule has 0 spiro atoms. The van der Waals surface area contributed by atoms with Gasteiger partial charge in [-0.1, -0.05) is 12.1 Å². The molecule has 106 valence electrons. The highest BCUT2D eigenvalue weighted by atomic mass is 16.1. The van der Waals surface area contributed by atoms with Crippen LogP contribution in [0.25, 0.3) is 0 Å². The highest BCUT2D eigenvalue weighted by molar-refractivity contribution is 5.76. The molecule has 0 fully saturated rings. The molecule has 1 amide bonds.